The summed E-state index contributed by atoms with van der Waals surface area (Å²) < 4.78 is 65.7. The summed E-state index contributed by atoms with van der Waals surface area (Å²) in [6.45, 7) is 0. The van der Waals surface area contributed by atoms with Gasteiger partial charge in [-0.3, -0.25) is 4.72 Å². The zero-order valence-corrected chi connectivity index (χ0v) is 12.6. The third-order valence-corrected chi connectivity index (χ3v) is 4.44. The van der Waals surface area contributed by atoms with Crippen LogP contribution in [0.3, 0.4) is 0 Å². The van der Waals surface area contributed by atoms with Crippen molar-refractivity contribution in [1.29, 1.82) is 0 Å². The monoisotopic (exact) mass is 380 g/mol. The number of rotatable bonds is 3. The topological polar surface area (TPSA) is 72.2 Å². The van der Waals surface area contributed by atoms with Crippen molar-refractivity contribution < 1.29 is 21.6 Å². The molecule has 0 unspecified atom stereocenters. The van der Waals surface area contributed by atoms with Crippen molar-refractivity contribution in [2.45, 2.75) is 4.90 Å². The van der Waals surface area contributed by atoms with Gasteiger partial charge >= 0.3 is 0 Å². The van der Waals surface area contributed by atoms with Crippen LogP contribution in [0, 0.1) is 17.5 Å². The predicted octanol–water partition coefficient (Wildman–Crippen LogP) is 3.25. The minimum Gasteiger partial charge on any atom is -0.399 e. The highest BCUT2D eigenvalue weighted by Gasteiger charge is 2.22. The van der Waals surface area contributed by atoms with Gasteiger partial charge in [0.15, 0.2) is 17.5 Å². The normalized spacial score (nSPS) is 11.4. The van der Waals surface area contributed by atoms with Crippen LogP contribution in [0.2, 0.25) is 0 Å². The summed E-state index contributed by atoms with van der Waals surface area (Å²) in [7, 11) is -4.34. The van der Waals surface area contributed by atoms with Gasteiger partial charge in [0.05, 0.1) is 10.2 Å². The number of hydrogen-bond acceptors (Lipinski definition) is 3. The molecule has 112 valence electrons. The molecule has 0 fully saturated rings. The Morgan fingerprint density at radius 1 is 1.05 bits per heavy atom. The minimum absolute atomic E-state index is 0.0222. The van der Waals surface area contributed by atoms with Crippen LogP contribution in [-0.2, 0) is 10.0 Å². The molecule has 2 rings (SSSR count). The third-order valence-electron chi connectivity index (χ3n) is 2.48. The lowest BCUT2D eigenvalue weighted by Gasteiger charge is -2.10. The van der Waals surface area contributed by atoms with E-state index in [4.69, 9.17) is 5.73 Å². The van der Waals surface area contributed by atoms with Crippen molar-refractivity contribution in [3.8, 4) is 0 Å². The summed E-state index contributed by atoms with van der Waals surface area (Å²) in [5.74, 6) is -3.40. The maximum atomic E-state index is 13.9. The summed E-state index contributed by atoms with van der Waals surface area (Å²) in [6, 6.07) is 4.52. The Morgan fingerprint density at radius 2 is 1.71 bits per heavy atom. The highest BCUT2D eigenvalue weighted by atomic mass is 79.9. The first-order valence-corrected chi connectivity index (χ1v) is 7.71. The zero-order chi connectivity index (χ0) is 15.8. The van der Waals surface area contributed by atoms with Crippen LogP contribution in [0.1, 0.15) is 0 Å². The van der Waals surface area contributed by atoms with Crippen LogP contribution in [0.5, 0.6) is 0 Å². The molecule has 4 nitrogen and oxygen atoms in total. The molecule has 9 heteroatoms. The van der Waals surface area contributed by atoms with E-state index >= 15 is 0 Å². The van der Waals surface area contributed by atoms with Crippen molar-refractivity contribution in [1.82, 2.24) is 0 Å². The molecule has 21 heavy (non-hydrogen) atoms. The lowest BCUT2D eigenvalue weighted by molar-refractivity contribution is 0.509. The Morgan fingerprint density at radius 3 is 2.33 bits per heavy atom. The molecular formula is C12H8BrF3N2O2S. The van der Waals surface area contributed by atoms with Gasteiger partial charge in [-0.25, -0.2) is 21.6 Å². The number of nitrogens with one attached hydrogen (secondary N) is 1. The van der Waals surface area contributed by atoms with Gasteiger partial charge in [-0.15, -0.1) is 0 Å². The van der Waals surface area contributed by atoms with Crippen molar-refractivity contribution in [3.63, 3.8) is 0 Å². The highest BCUT2D eigenvalue weighted by molar-refractivity contribution is 9.10. The maximum absolute atomic E-state index is 13.9. The standard InChI is InChI=1S/C12H8BrF3N2O2S/c13-8-3-6(17)4-11(12(8)16)21(19,20)18-7-1-2-9(14)10(15)5-7/h1-5,18H,17H2. The molecule has 0 saturated carbocycles. The van der Waals surface area contributed by atoms with E-state index < -0.39 is 32.4 Å². The molecule has 0 spiro atoms. The smallest absolute Gasteiger partial charge is 0.264 e. The number of nitrogen functional groups attached to an aromatic ring is 1. The molecule has 0 atom stereocenters. The Hall–Kier alpha value is -1.74. The zero-order valence-electron chi connectivity index (χ0n) is 10.2. The summed E-state index contributed by atoms with van der Waals surface area (Å²) in [5.41, 5.74) is 5.24. The second-order valence-electron chi connectivity index (χ2n) is 4.05. The minimum atomic E-state index is -4.34. The Bertz CT molecular complexity index is 812. The van der Waals surface area contributed by atoms with Gasteiger partial charge in [0.1, 0.15) is 4.90 Å². The second kappa shape index (κ2) is 5.57. The van der Waals surface area contributed by atoms with Crippen molar-refractivity contribution in [2.75, 3.05) is 10.5 Å². The van der Waals surface area contributed by atoms with Crippen molar-refractivity contribution in [3.05, 3.63) is 52.3 Å². The van der Waals surface area contributed by atoms with E-state index in [0.29, 0.717) is 6.07 Å². The Labute approximate surface area is 127 Å². The van der Waals surface area contributed by atoms with Gasteiger partial charge in [-0.1, -0.05) is 0 Å². The van der Waals surface area contributed by atoms with E-state index in [9.17, 15) is 21.6 Å². The first kappa shape index (κ1) is 15.6. The van der Waals surface area contributed by atoms with Gasteiger partial charge in [0.25, 0.3) is 10.0 Å². The average Bonchev–Trinajstić information content (AvgIpc) is 2.37. The summed E-state index contributed by atoms with van der Waals surface area (Å²) in [4.78, 5) is -0.709. The molecule has 0 amide bonds. The SMILES string of the molecule is Nc1cc(Br)c(F)c(S(=O)(=O)Nc2ccc(F)c(F)c2)c1. The number of sulfonamides is 1. The highest BCUT2D eigenvalue weighted by Crippen LogP contribution is 2.27. The molecule has 0 aromatic heterocycles. The molecule has 0 aliphatic rings. The van der Waals surface area contributed by atoms with Gasteiger partial charge < -0.3 is 5.73 Å². The number of anilines is 2. The van der Waals surface area contributed by atoms with E-state index in [1.165, 1.54) is 6.07 Å². The molecular weight excluding hydrogens is 373 g/mol. The maximum Gasteiger partial charge on any atom is 0.264 e. The fraction of sp³-hybridized carbons (Fsp3) is 0. The van der Waals surface area contributed by atoms with Crippen LogP contribution < -0.4 is 10.5 Å². The van der Waals surface area contributed by atoms with Crippen molar-refractivity contribution in [2.24, 2.45) is 0 Å². The summed E-state index contributed by atoms with van der Waals surface area (Å²) >= 11 is 2.84. The Balaban J connectivity index is 2.45. The van der Waals surface area contributed by atoms with Gasteiger partial charge in [-0.05, 0) is 40.2 Å². The molecule has 0 bridgehead atoms. The van der Waals surface area contributed by atoms with Crippen molar-refractivity contribution >= 4 is 37.3 Å². The average molecular weight is 381 g/mol. The molecule has 2 aromatic rings. The van der Waals surface area contributed by atoms with Gasteiger partial charge in [-0.2, -0.15) is 0 Å². The quantitative estimate of drug-likeness (QED) is 0.802. The van der Waals surface area contributed by atoms with Gasteiger partial charge in [0.2, 0.25) is 0 Å². The van der Waals surface area contributed by atoms with Crippen LogP contribution >= 0.6 is 15.9 Å². The first-order chi connectivity index (χ1) is 9.70. The molecule has 0 heterocycles. The predicted molar refractivity (Wildman–Crippen MR) is 75.7 cm³/mol. The van der Waals surface area contributed by atoms with E-state index in [2.05, 4.69) is 15.9 Å². The first-order valence-electron chi connectivity index (χ1n) is 5.43. The van der Waals surface area contributed by atoms with Crippen LogP contribution in [-0.4, -0.2) is 8.42 Å². The van der Waals surface area contributed by atoms with Crippen LogP contribution in [0.25, 0.3) is 0 Å². The summed E-state index contributed by atoms with van der Waals surface area (Å²) in [6.07, 6.45) is 0. The Kier molecular flexibility index (Phi) is 4.15. The molecule has 0 radical (unpaired) electrons. The number of hydrogen-bond donors (Lipinski definition) is 2. The van der Waals surface area contributed by atoms with E-state index in [0.717, 1.165) is 18.2 Å². The number of nitrogens with two attached hydrogens (primary N) is 1. The number of benzene rings is 2. The molecule has 0 saturated heterocycles. The fourth-order valence-corrected chi connectivity index (χ4v) is 3.34. The number of halogens is 4. The second-order valence-corrected chi connectivity index (χ2v) is 6.55. The van der Waals surface area contributed by atoms with E-state index in [1.807, 2.05) is 4.72 Å². The van der Waals surface area contributed by atoms with Gasteiger partial charge in [0, 0.05) is 11.8 Å². The van der Waals surface area contributed by atoms with Crippen LogP contribution in [0.15, 0.2) is 39.7 Å². The van der Waals surface area contributed by atoms with E-state index in [-0.39, 0.29) is 15.8 Å². The summed E-state index contributed by atoms with van der Waals surface area (Å²) in [5, 5.41) is 0. The largest absolute Gasteiger partial charge is 0.399 e. The molecule has 0 aliphatic carbocycles. The molecule has 0 aliphatic heterocycles. The molecule has 2 aromatic carbocycles. The molecule has 3 N–H and O–H groups in total. The lowest BCUT2D eigenvalue weighted by Crippen LogP contribution is -2.15. The van der Waals surface area contributed by atoms with Crippen LogP contribution in [0.4, 0.5) is 24.5 Å². The fourth-order valence-electron chi connectivity index (χ4n) is 1.55. The third kappa shape index (κ3) is 3.30. The van der Waals surface area contributed by atoms with E-state index in [1.54, 1.807) is 0 Å². The lowest BCUT2D eigenvalue weighted by atomic mass is 10.3.